The minimum atomic E-state index is -0.462. The van der Waals surface area contributed by atoms with Crippen LogP contribution < -0.4 is 10.2 Å². The topological polar surface area (TPSA) is 84.2 Å². The Bertz CT molecular complexity index is 401. The molecule has 0 unspecified atom stereocenters. The summed E-state index contributed by atoms with van der Waals surface area (Å²) in [4.78, 5) is 20.2. The van der Waals surface area contributed by atoms with Crippen LogP contribution in [0.3, 0.4) is 0 Å². The molecule has 0 aromatic carbocycles. The third-order valence-corrected chi connectivity index (χ3v) is 2.81. The summed E-state index contributed by atoms with van der Waals surface area (Å²) in [5, 5.41) is 13.7. The van der Waals surface area contributed by atoms with Crippen LogP contribution in [0, 0.1) is 10.1 Å². The van der Waals surface area contributed by atoms with E-state index in [4.69, 9.17) is 0 Å². The molecule has 0 radical (unpaired) electrons. The van der Waals surface area contributed by atoms with Gasteiger partial charge in [-0.15, -0.1) is 0 Å². The summed E-state index contributed by atoms with van der Waals surface area (Å²) in [5.74, 6) is 1.45. The van der Waals surface area contributed by atoms with Crippen LogP contribution >= 0.6 is 11.8 Å². The Morgan fingerprint density at radius 2 is 2.29 bits per heavy atom. The van der Waals surface area contributed by atoms with E-state index in [9.17, 15) is 10.1 Å². The molecule has 0 fully saturated rings. The number of hydrogen-bond donors (Lipinski definition) is 1. The molecule has 1 rings (SSSR count). The van der Waals surface area contributed by atoms with Gasteiger partial charge in [-0.25, -0.2) is 9.97 Å². The normalized spacial score (nSPS) is 10.1. The fourth-order valence-electron chi connectivity index (χ4n) is 1.33. The van der Waals surface area contributed by atoms with Crippen LogP contribution in [0.2, 0.25) is 0 Å². The number of thioether (sulfide) groups is 1. The molecule has 0 atom stereocenters. The van der Waals surface area contributed by atoms with E-state index in [2.05, 4.69) is 15.3 Å². The Hall–Kier alpha value is -1.57. The lowest BCUT2D eigenvalue weighted by Crippen LogP contribution is -2.23. The second-order valence-electron chi connectivity index (χ2n) is 3.32. The lowest BCUT2D eigenvalue weighted by molar-refractivity contribution is -0.383. The monoisotopic (exact) mass is 257 g/mol. The van der Waals surface area contributed by atoms with Gasteiger partial charge in [-0.2, -0.15) is 11.8 Å². The summed E-state index contributed by atoms with van der Waals surface area (Å²) in [7, 11) is 3.38. The predicted octanol–water partition coefficient (Wildman–Crippen LogP) is 1.23. The van der Waals surface area contributed by atoms with Gasteiger partial charge in [-0.05, 0) is 6.26 Å². The third kappa shape index (κ3) is 3.19. The van der Waals surface area contributed by atoms with Gasteiger partial charge < -0.3 is 10.2 Å². The maximum Gasteiger partial charge on any atom is 0.353 e. The molecule has 0 spiro atoms. The molecule has 0 aliphatic rings. The number of nitro groups is 1. The minimum Gasteiger partial charge on any atom is -0.367 e. The maximum atomic E-state index is 11.0. The van der Waals surface area contributed by atoms with Crippen molar-refractivity contribution in [3.8, 4) is 0 Å². The van der Waals surface area contributed by atoms with Gasteiger partial charge in [0, 0.05) is 26.4 Å². The molecule has 8 heteroatoms. The number of anilines is 2. The van der Waals surface area contributed by atoms with Gasteiger partial charge in [0.15, 0.2) is 0 Å². The molecule has 17 heavy (non-hydrogen) atoms. The van der Waals surface area contributed by atoms with Gasteiger partial charge in [0.25, 0.3) is 0 Å². The summed E-state index contributed by atoms with van der Waals surface area (Å²) in [6, 6.07) is 0. The number of aromatic nitrogens is 2. The Morgan fingerprint density at radius 1 is 1.59 bits per heavy atom. The number of rotatable bonds is 6. The molecule has 0 aliphatic carbocycles. The van der Waals surface area contributed by atoms with Gasteiger partial charge in [0.2, 0.25) is 11.6 Å². The fourth-order valence-corrected chi connectivity index (χ4v) is 1.79. The summed E-state index contributed by atoms with van der Waals surface area (Å²) in [6.45, 7) is 0.697. The Kier molecular flexibility index (Phi) is 4.95. The predicted molar refractivity (Wildman–Crippen MR) is 69.9 cm³/mol. The van der Waals surface area contributed by atoms with Crippen molar-refractivity contribution in [2.24, 2.45) is 0 Å². The first kappa shape index (κ1) is 13.5. The summed E-state index contributed by atoms with van der Waals surface area (Å²) in [5.41, 5.74) is -0.0846. The lowest BCUT2D eigenvalue weighted by atomic mass is 10.4. The Labute approximate surface area is 104 Å². The van der Waals surface area contributed by atoms with Crippen LogP contribution in [0.5, 0.6) is 0 Å². The van der Waals surface area contributed by atoms with Crippen molar-refractivity contribution >= 4 is 29.1 Å². The average Bonchev–Trinajstić information content (AvgIpc) is 2.34. The van der Waals surface area contributed by atoms with E-state index in [0.29, 0.717) is 12.4 Å². The van der Waals surface area contributed by atoms with Crippen molar-refractivity contribution in [2.75, 3.05) is 42.9 Å². The fraction of sp³-hybridized carbons (Fsp3) is 0.556. The van der Waals surface area contributed by atoms with E-state index < -0.39 is 4.92 Å². The molecule has 7 nitrogen and oxygen atoms in total. The Morgan fingerprint density at radius 3 is 2.82 bits per heavy atom. The summed E-state index contributed by atoms with van der Waals surface area (Å²) >= 11 is 1.68. The van der Waals surface area contributed by atoms with E-state index in [0.717, 1.165) is 5.75 Å². The smallest absolute Gasteiger partial charge is 0.353 e. The van der Waals surface area contributed by atoms with Crippen LogP contribution in [-0.2, 0) is 0 Å². The number of nitrogens with zero attached hydrogens (tertiary/aromatic N) is 4. The van der Waals surface area contributed by atoms with Crippen molar-refractivity contribution in [2.45, 2.75) is 0 Å². The van der Waals surface area contributed by atoms with Crippen molar-refractivity contribution in [1.29, 1.82) is 0 Å². The molecular formula is C9H15N5O2S. The van der Waals surface area contributed by atoms with Crippen molar-refractivity contribution in [3.63, 3.8) is 0 Å². The second kappa shape index (κ2) is 6.24. The van der Waals surface area contributed by atoms with Gasteiger partial charge >= 0.3 is 5.69 Å². The molecular weight excluding hydrogens is 242 g/mol. The average molecular weight is 257 g/mol. The highest BCUT2D eigenvalue weighted by Crippen LogP contribution is 2.30. The highest BCUT2D eigenvalue weighted by Gasteiger charge is 2.24. The SMILES string of the molecule is CNc1ncnc(N(C)CCSC)c1[N+](=O)[O-]. The lowest BCUT2D eigenvalue weighted by Gasteiger charge is -2.17. The zero-order chi connectivity index (χ0) is 12.8. The first-order valence-corrected chi connectivity index (χ1v) is 6.38. The van der Waals surface area contributed by atoms with Gasteiger partial charge in [0.05, 0.1) is 4.92 Å². The van der Waals surface area contributed by atoms with Crippen LogP contribution in [0.4, 0.5) is 17.3 Å². The molecule has 1 N–H and O–H groups in total. The van der Waals surface area contributed by atoms with E-state index >= 15 is 0 Å². The molecule has 1 aromatic heterocycles. The van der Waals surface area contributed by atoms with E-state index in [1.165, 1.54) is 6.33 Å². The molecule has 0 saturated heterocycles. The van der Waals surface area contributed by atoms with Crippen LogP contribution in [0.25, 0.3) is 0 Å². The first-order chi connectivity index (χ1) is 8.11. The molecule has 1 aromatic rings. The molecule has 0 aliphatic heterocycles. The standard InChI is InChI=1S/C9H15N5O2S/c1-10-8-7(14(15)16)9(12-6-11-8)13(2)4-5-17-3/h6H,4-5H2,1-3H3,(H,10,11,12). The molecule has 0 bridgehead atoms. The number of hydrogen-bond acceptors (Lipinski definition) is 7. The minimum absolute atomic E-state index is 0.0846. The molecule has 1 heterocycles. The van der Waals surface area contributed by atoms with Gasteiger partial charge in [-0.1, -0.05) is 0 Å². The van der Waals surface area contributed by atoms with Crippen LogP contribution in [0.1, 0.15) is 0 Å². The van der Waals surface area contributed by atoms with Gasteiger partial charge in [-0.3, -0.25) is 10.1 Å². The van der Waals surface area contributed by atoms with Crippen molar-refractivity contribution in [1.82, 2.24) is 9.97 Å². The highest BCUT2D eigenvalue weighted by molar-refractivity contribution is 7.98. The number of nitrogens with one attached hydrogen (secondary N) is 1. The van der Waals surface area contributed by atoms with Crippen molar-refractivity contribution < 1.29 is 4.92 Å². The van der Waals surface area contributed by atoms with Crippen LogP contribution in [-0.4, -0.2) is 47.5 Å². The molecule has 0 amide bonds. The van der Waals surface area contributed by atoms with Gasteiger partial charge in [0.1, 0.15) is 6.33 Å². The van der Waals surface area contributed by atoms with E-state index in [1.807, 2.05) is 6.26 Å². The quantitative estimate of drug-likeness (QED) is 0.606. The summed E-state index contributed by atoms with van der Waals surface area (Å²) < 4.78 is 0. The summed E-state index contributed by atoms with van der Waals surface area (Å²) in [6.07, 6.45) is 3.31. The molecule has 94 valence electrons. The van der Waals surface area contributed by atoms with E-state index in [-0.39, 0.29) is 11.5 Å². The highest BCUT2D eigenvalue weighted by atomic mass is 32.2. The second-order valence-corrected chi connectivity index (χ2v) is 4.30. The third-order valence-electron chi connectivity index (χ3n) is 2.21. The largest absolute Gasteiger partial charge is 0.367 e. The van der Waals surface area contributed by atoms with E-state index in [1.54, 1.807) is 30.8 Å². The van der Waals surface area contributed by atoms with Crippen molar-refractivity contribution in [3.05, 3.63) is 16.4 Å². The van der Waals surface area contributed by atoms with Crippen LogP contribution in [0.15, 0.2) is 6.33 Å². The maximum absolute atomic E-state index is 11.0. The zero-order valence-electron chi connectivity index (χ0n) is 10.0. The Balaban J connectivity index is 3.09. The first-order valence-electron chi connectivity index (χ1n) is 4.99. The zero-order valence-corrected chi connectivity index (χ0v) is 10.8. The molecule has 0 saturated carbocycles.